The summed E-state index contributed by atoms with van der Waals surface area (Å²) < 4.78 is 18.7. The second-order valence-corrected chi connectivity index (χ2v) is 16.6. The number of aryl methyl sites for hydroxylation is 2. The van der Waals surface area contributed by atoms with Crippen LogP contribution in [0.15, 0.2) is 127 Å². The van der Waals surface area contributed by atoms with Gasteiger partial charge in [0.1, 0.15) is 36.1 Å². The fourth-order valence-electron chi connectivity index (χ4n) is 9.21. The number of hydrogen-bond acceptors (Lipinski definition) is 6. The monoisotopic (exact) mass is 798 g/mol. The summed E-state index contributed by atoms with van der Waals surface area (Å²) in [7, 11) is 1.64. The molecule has 0 spiro atoms. The average molecular weight is 799 g/mol. The van der Waals surface area contributed by atoms with Gasteiger partial charge < -0.3 is 24.4 Å². The molecule has 5 atom stereocenters. The summed E-state index contributed by atoms with van der Waals surface area (Å²) in [5.41, 5.74) is 7.31. The Morgan fingerprint density at radius 2 is 1.65 bits per heavy atom. The highest BCUT2D eigenvalue weighted by Gasteiger charge is 2.28. The van der Waals surface area contributed by atoms with E-state index in [9.17, 15) is 15.0 Å². The predicted molar refractivity (Wildman–Crippen MR) is 239 cm³/mol. The van der Waals surface area contributed by atoms with Gasteiger partial charge in [-0.05, 0) is 125 Å². The molecule has 2 heterocycles. The van der Waals surface area contributed by atoms with Crippen LogP contribution >= 0.6 is 0 Å². The molecule has 4 aliphatic rings. The molecule has 0 radical (unpaired) electrons. The number of ketones is 1. The molecule has 0 saturated carbocycles. The third-order valence-electron chi connectivity index (χ3n) is 12.5. The van der Waals surface area contributed by atoms with Crippen LogP contribution in [-0.4, -0.2) is 29.2 Å². The number of methoxy groups -OCH3 is 1. The fraction of sp³-hybridized carbons (Fsp3) is 0.315. The standard InChI is InChI=1S/C54H54O6/c1-36-17-24-47-42-21-25-48-53(50(57)34-49(36)54(47)48)41(29-38-14-7-4-8-15-38)27-28-59-46(33-45(56)22-18-39-19-26-51(58-2)52(30-39)60-35-42)32-43-31-44(55)23-20-40(43)16-10-9-13-37-11-5-3-6-12-37/h3-8,11-12,14-15,17,19-21,23-26,30-31,34,36,40-41,43,46,55,57H,9-10,13,16,18,22,29,32-33,35H2,1-2H3/t36-,40+,41-,43+,46-/m0/s1. The number of unbranched alkanes of at least 4 members (excludes halogenated alkanes) is 1. The van der Waals surface area contributed by atoms with Crippen molar-refractivity contribution < 1.29 is 29.2 Å². The number of benzene rings is 5. The van der Waals surface area contributed by atoms with Crippen molar-refractivity contribution in [2.75, 3.05) is 7.11 Å². The lowest BCUT2D eigenvalue weighted by molar-refractivity contribution is -0.121. The summed E-state index contributed by atoms with van der Waals surface area (Å²) in [5, 5.41) is 24.7. The van der Waals surface area contributed by atoms with Crippen molar-refractivity contribution in [1.82, 2.24) is 0 Å². The van der Waals surface area contributed by atoms with Gasteiger partial charge in [-0.25, -0.2) is 0 Å². The number of aliphatic hydroxyl groups excluding tert-OH is 1. The van der Waals surface area contributed by atoms with Crippen molar-refractivity contribution in [2.24, 2.45) is 11.8 Å². The van der Waals surface area contributed by atoms with E-state index in [2.05, 4.69) is 85.7 Å². The molecule has 60 heavy (non-hydrogen) atoms. The van der Waals surface area contributed by atoms with E-state index in [0.29, 0.717) is 43.8 Å². The van der Waals surface area contributed by atoms with Gasteiger partial charge in [0.15, 0.2) is 11.5 Å². The van der Waals surface area contributed by atoms with E-state index < -0.39 is 12.0 Å². The van der Waals surface area contributed by atoms with Crippen LogP contribution in [0.2, 0.25) is 0 Å². The van der Waals surface area contributed by atoms with Crippen LogP contribution in [0, 0.1) is 23.9 Å². The molecule has 6 heteroatoms. The number of aliphatic hydroxyl groups is 1. The third kappa shape index (κ3) is 9.48. The van der Waals surface area contributed by atoms with Crippen molar-refractivity contribution in [2.45, 2.75) is 89.3 Å². The van der Waals surface area contributed by atoms with Crippen molar-refractivity contribution in [3.63, 3.8) is 0 Å². The van der Waals surface area contributed by atoms with Gasteiger partial charge in [-0.1, -0.05) is 116 Å². The van der Waals surface area contributed by atoms with Crippen molar-refractivity contribution in [3.05, 3.63) is 166 Å². The smallest absolute Gasteiger partial charge is 0.161 e. The predicted octanol–water partition coefficient (Wildman–Crippen LogP) is 11.9. The molecule has 5 aromatic rings. The number of carbonyl (C=O) groups excluding carboxylic acids is 1. The number of ether oxygens (including phenoxy) is 3. The van der Waals surface area contributed by atoms with Gasteiger partial charge in [-0.2, -0.15) is 0 Å². The minimum absolute atomic E-state index is 0.0249. The maximum absolute atomic E-state index is 13.9. The summed E-state index contributed by atoms with van der Waals surface area (Å²) in [4.78, 5) is 13.9. The van der Waals surface area contributed by atoms with Crippen LogP contribution in [0.3, 0.4) is 0 Å². The van der Waals surface area contributed by atoms with E-state index in [1.54, 1.807) is 13.2 Å². The molecule has 0 fully saturated rings. The quantitative estimate of drug-likeness (QED) is 0.108. The van der Waals surface area contributed by atoms with E-state index in [1.165, 1.54) is 5.56 Å². The zero-order chi connectivity index (χ0) is 41.4. The number of fused-ring (bicyclic) bond motifs is 9. The lowest BCUT2D eigenvalue weighted by Gasteiger charge is -2.28. The molecule has 306 valence electrons. The van der Waals surface area contributed by atoms with E-state index >= 15 is 0 Å². The Labute approximate surface area is 354 Å². The number of phenolic OH excluding ortho intramolecular Hbond substituents is 1. The molecule has 2 aliphatic heterocycles. The maximum atomic E-state index is 13.9. The van der Waals surface area contributed by atoms with Gasteiger partial charge >= 0.3 is 0 Å². The van der Waals surface area contributed by atoms with Gasteiger partial charge in [0.25, 0.3) is 0 Å². The molecular weight excluding hydrogens is 745 g/mol. The topological polar surface area (TPSA) is 85.2 Å². The maximum Gasteiger partial charge on any atom is 0.161 e. The van der Waals surface area contributed by atoms with Gasteiger partial charge in [0, 0.05) is 24.3 Å². The summed E-state index contributed by atoms with van der Waals surface area (Å²) >= 11 is 0. The zero-order valence-electron chi connectivity index (χ0n) is 34.6. The van der Waals surface area contributed by atoms with Crippen LogP contribution in [-0.2, 0) is 35.4 Å². The molecule has 0 aromatic heterocycles. The molecule has 2 aliphatic carbocycles. The van der Waals surface area contributed by atoms with Crippen LogP contribution in [0.5, 0.6) is 17.2 Å². The zero-order valence-corrected chi connectivity index (χ0v) is 34.6. The van der Waals surface area contributed by atoms with Gasteiger partial charge in [-0.15, -0.1) is 0 Å². The SMILES string of the molecule is COc1ccc2cc1OCc1ccc3c(c(O)cc4c3c1C=C[C@@H]4C)[C@H](Cc1ccccc1)C#CO[C@@H](C[C@H]1C=C(O)C=C[C@H]1CCCCc1ccccc1)CC(=O)CC2. The first kappa shape index (κ1) is 40.6. The Balaban J connectivity index is 1.16. The van der Waals surface area contributed by atoms with Crippen molar-refractivity contribution in [3.8, 4) is 29.3 Å². The molecule has 6 bridgehead atoms. The van der Waals surface area contributed by atoms with E-state index in [0.717, 1.165) is 69.8 Å². The Bertz CT molecular complexity index is 2470. The van der Waals surface area contributed by atoms with E-state index in [-0.39, 0.29) is 41.5 Å². The highest BCUT2D eigenvalue weighted by molar-refractivity contribution is 6.00. The van der Waals surface area contributed by atoms with Crippen molar-refractivity contribution >= 4 is 22.6 Å². The van der Waals surface area contributed by atoms with Crippen LogP contribution < -0.4 is 9.47 Å². The Morgan fingerprint density at radius 3 is 2.45 bits per heavy atom. The third-order valence-corrected chi connectivity index (χ3v) is 12.5. The molecule has 0 saturated heterocycles. The van der Waals surface area contributed by atoms with Gasteiger partial charge in [-0.3, -0.25) is 4.79 Å². The molecule has 5 aromatic carbocycles. The van der Waals surface area contributed by atoms with Crippen molar-refractivity contribution in [1.29, 1.82) is 0 Å². The normalized spacial score (nSPS) is 21.2. The van der Waals surface area contributed by atoms with E-state index in [4.69, 9.17) is 14.2 Å². The Morgan fingerprint density at radius 1 is 0.850 bits per heavy atom. The number of allylic oxidation sites excluding steroid dienone is 4. The molecule has 9 rings (SSSR count). The van der Waals surface area contributed by atoms with Crippen LogP contribution in [0.1, 0.15) is 96.2 Å². The minimum atomic E-state index is -0.509. The first-order valence-corrected chi connectivity index (χ1v) is 21.5. The van der Waals surface area contributed by atoms with E-state index in [1.807, 2.05) is 54.6 Å². The van der Waals surface area contributed by atoms with Gasteiger partial charge in [0.2, 0.25) is 0 Å². The number of aromatic hydroxyl groups is 1. The Kier molecular flexibility index (Phi) is 12.7. The van der Waals surface area contributed by atoms with Crippen LogP contribution in [0.25, 0.3) is 16.8 Å². The average Bonchev–Trinajstić information content (AvgIpc) is 3.26. The van der Waals surface area contributed by atoms with Gasteiger partial charge in [0.05, 0.1) is 13.0 Å². The summed E-state index contributed by atoms with van der Waals surface area (Å²) in [6.45, 7) is 2.47. The molecule has 2 N–H and O–H groups in total. The first-order valence-electron chi connectivity index (χ1n) is 21.5. The molecule has 0 amide bonds. The number of Topliss-reactive ketones (excluding diaryl/α,β-unsaturated/α-hetero) is 1. The Hall–Kier alpha value is -6.19. The molecule has 0 unspecified atom stereocenters. The molecule has 6 nitrogen and oxygen atoms in total. The second-order valence-electron chi connectivity index (χ2n) is 16.6. The largest absolute Gasteiger partial charge is 0.508 e. The highest BCUT2D eigenvalue weighted by atomic mass is 16.5. The first-order chi connectivity index (χ1) is 29.3. The summed E-state index contributed by atoms with van der Waals surface area (Å²) in [6, 6.07) is 32.7. The number of rotatable bonds is 10. The second kappa shape index (κ2) is 18.8. The number of carbonyl (C=O) groups is 1. The van der Waals surface area contributed by atoms with Crippen LogP contribution in [0.4, 0.5) is 0 Å². The molecular formula is C54H54O6. The number of phenols is 1. The lowest BCUT2D eigenvalue weighted by atomic mass is 9.80. The minimum Gasteiger partial charge on any atom is -0.508 e. The highest BCUT2D eigenvalue weighted by Crippen LogP contribution is 2.45. The summed E-state index contributed by atoms with van der Waals surface area (Å²) in [5.74, 6) is 5.08. The lowest BCUT2D eigenvalue weighted by Crippen LogP contribution is -2.24. The fourth-order valence-corrected chi connectivity index (χ4v) is 9.21. The number of hydrogen-bond donors (Lipinski definition) is 2. The summed E-state index contributed by atoms with van der Waals surface area (Å²) in [6.07, 6.45) is 19.0.